The fourth-order valence-electron chi connectivity index (χ4n) is 3.26. The van der Waals surface area contributed by atoms with E-state index in [0.29, 0.717) is 29.0 Å². The van der Waals surface area contributed by atoms with Crippen LogP contribution in [0.15, 0.2) is 18.2 Å². The average molecular weight is 331 g/mol. The van der Waals surface area contributed by atoms with Gasteiger partial charge < -0.3 is 9.84 Å². The van der Waals surface area contributed by atoms with E-state index < -0.39 is 6.10 Å². The van der Waals surface area contributed by atoms with Crippen LogP contribution >= 0.6 is 23.2 Å². The number of aliphatic hydroxyl groups is 1. The Morgan fingerprint density at radius 3 is 2.62 bits per heavy atom. The number of hydrogen-bond acceptors (Lipinski definition) is 2. The van der Waals surface area contributed by atoms with Crippen molar-refractivity contribution in [2.45, 2.75) is 57.7 Å². The minimum atomic E-state index is -0.538. The van der Waals surface area contributed by atoms with Crippen LogP contribution in [0, 0.1) is 5.92 Å². The van der Waals surface area contributed by atoms with Crippen LogP contribution in [0.2, 0.25) is 10.0 Å². The maximum atomic E-state index is 10.6. The highest BCUT2D eigenvalue weighted by molar-refractivity contribution is 6.33. The second-order valence-electron chi connectivity index (χ2n) is 5.83. The summed E-state index contributed by atoms with van der Waals surface area (Å²) < 4.78 is 5.86. The molecule has 118 valence electrons. The third kappa shape index (κ3) is 4.85. The van der Waals surface area contributed by atoms with Crippen molar-refractivity contribution in [1.29, 1.82) is 0 Å². The van der Waals surface area contributed by atoms with Gasteiger partial charge in [-0.25, -0.2) is 0 Å². The SMILES string of the molecule is CCOC(C(O)Cc1cc(Cl)ccc1Cl)C1CCCCC1. The highest BCUT2D eigenvalue weighted by Gasteiger charge is 2.30. The highest BCUT2D eigenvalue weighted by Crippen LogP contribution is 2.31. The Hall–Kier alpha value is -0.280. The van der Waals surface area contributed by atoms with Gasteiger partial charge in [-0.15, -0.1) is 0 Å². The molecule has 4 heteroatoms. The molecule has 1 saturated carbocycles. The molecule has 1 aromatic rings. The summed E-state index contributed by atoms with van der Waals surface area (Å²) in [6.07, 6.45) is 5.90. The fraction of sp³-hybridized carbons (Fsp3) is 0.647. The van der Waals surface area contributed by atoms with Crippen molar-refractivity contribution in [1.82, 2.24) is 0 Å². The second kappa shape index (κ2) is 8.38. The van der Waals surface area contributed by atoms with Crippen molar-refractivity contribution in [3.63, 3.8) is 0 Å². The van der Waals surface area contributed by atoms with E-state index in [0.717, 1.165) is 18.4 Å². The Morgan fingerprint density at radius 2 is 1.95 bits per heavy atom. The smallest absolute Gasteiger partial charge is 0.0865 e. The van der Waals surface area contributed by atoms with E-state index in [1.54, 1.807) is 12.1 Å². The van der Waals surface area contributed by atoms with Crippen LogP contribution in [0.4, 0.5) is 0 Å². The summed E-state index contributed by atoms with van der Waals surface area (Å²) in [5, 5.41) is 11.9. The number of rotatable bonds is 6. The predicted molar refractivity (Wildman–Crippen MR) is 88.2 cm³/mol. The largest absolute Gasteiger partial charge is 0.390 e. The average Bonchev–Trinajstić information content (AvgIpc) is 2.49. The molecule has 1 aromatic carbocycles. The fourth-order valence-corrected chi connectivity index (χ4v) is 3.65. The lowest BCUT2D eigenvalue weighted by atomic mass is 9.82. The standard InChI is InChI=1S/C17H24Cl2O2/c1-2-21-17(12-6-4-3-5-7-12)16(20)11-13-10-14(18)8-9-15(13)19/h8-10,12,16-17,20H,2-7,11H2,1H3. The van der Waals surface area contributed by atoms with E-state index >= 15 is 0 Å². The van der Waals surface area contributed by atoms with Crippen molar-refractivity contribution in [3.05, 3.63) is 33.8 Å². The summed E-state index contributed by atoms with van der Waals surface area (Å²) in [4.78, 5) is 0. The van der Waals surface area contributed by atoms with Gasteiger partial charge in [0.05, 0.1) is 12.2 Å². The zero-order valence-corrected chi connectivity index (χ0v) is 14.0. The summed E-state index contributed by atoms with van der Waals surface area (Å²) in [6.45, 7) is 2.61. The molecule has 2 unspecified atom stereocenters. The van der Waals surface area contributed by atoms with Gasteiger partial charge in [0.15, 0.2) is 0 Å². The highest BCUT2D eigenvalue weighted by atomic mass is 35.5. The molecule has 2 rings (SSSR count). The van der Waals surface area contributed by atoms with Crippen LogP contribution in [0.3, 0.4) is 0 Å². The molecular formula is C17H24Cl2O2. The van der Waals surface area contributed by atoms with Gasteiger partial charge in [-0.1, -0.05) is 42.5 Å². The van der Waals surface area contributed by atoms with Crippen LogP contribution in [0.25, 0.3) is 0 Å². The van der Waals surface area contributed by atoms with Gasteiger partial charge in [0.2, 0.25) is 0 Å². The lowest BCUT2D eigenvalue weighted by Crippen LogP contribution is -2.38. The van der Waals surface area contributed by atoms with E-state index in [2.05, 4.69) is 0 Å². The quantitative estimate of drug-likeness (QED) is 0.805. The molecule has 1 aliphatic rings. The van der Waals surface area contributed by atoms with Gasteiger partial charge in [-0.2, -0.15) is 0 Å². The lowest BCUT2D eigenvalue weighted by Gasteiger charge is -2.33. The van der Waals surface area contributed by atoms with E-state index in [4.69, 9.17) is 27.9 Å². The second-order valence-corrected chi connectivity index (χ2v) is 6.67. The molecule has 1 aliphatic carbocycles. The number of ether oxygens (including phenoxy) is 1. The van der Waals surface area contributed by atoms with Crippen LogP contribution in [0.5, 0.6) is 0 Å². The molecule has 0 radical (unpaired) electrons. The van der Waals surface area contributed by atoms with Crippen LogP contribution in [-0.4, -0.2) is 23.9 Å². The Bertz CT molecular complexity index is 444. The van der Waals surface area contributed by atoms with Gasteiger partial charge in [-0.3, -0.25) is 0 Å². The molecular weight excluding hydrogens is 307 g/mol. The molecule has 21 heavy (non-hydrogen) atoms. The molecule has 0 amide bonds. The number of benzene rings is 1. The van der Waals surface area contributed by atoms with Crippen molar-refractivity contribution in [3.8, 4) is 0 Å². The maximum absolute atomic E-state index is 10.6. The third-order valence-corrected chi connectivity index (χ3v) is 4.89. The first-order chi connectivity index (χ1) is 10.1. The van der Waals surface area contributed by atoms with Crippen LogP contribution in [0.1, 0.15) is 44.6 Å². The lowest BCUT2D eigenvalue weighted by molar-refractivity contribution is -0.0715. The van der Waals surface area contributed by atoms with Crippen LogP contribution in [-0.2, 0) is 11.2 Å². The molecule has 0 saturated heterocycles. The van der Waals surface area contributed by atoms with Crippen molar-refractivity contribution in [2.24, 2.45) is 5.92 Å². The number of hydrogen-bond donors (Lipinski definition) is 1. The summed E-state index contributed by atoms with van der Waals surface area (Å²) in [7, 11) is 0. The molecule has 2 atom stereocenters. The molecule has 0 heterocycles. The first-order valence-electron chi connectivity index (χ1n) is 7.85. The Kier molecular flexibility index (Phi) is 6.81. The molecule has 2 nitrogen and oxygen atoms in total. The van der Waals surface area contributed by atoms with Crippen molar-refractivity contribution < 1.29 is 9.84 Å². The number of aliphatic hydroxyl groups excluding tert-OH is 1. The minimum Gasteiger partial charge on any atom is -0.390 e. The molecule has 1 fully saturated rings. The first kappa shape index (κ1) is 17.1. The molecule has 0 aromatic heterocycles. The van der Waals surface area contributed by atoms with E-state index in [1.165, 1.54) is 19.3 Å². The summed E-state index contributed by atoms with van der Waals surface area (Å²) in [6, 6.07) is 5.38. The first-order valence-corrected chi connectivity index (χ1v) is 8.61. The van der Waals surface area contributed by atoms with E-state index in [-0.39, 0.29) is 6.10 Å². The van der Waals surface area contributed by atoms with Gasteiger partial charge in [-0.05, 0) is 49.4 Å². The molecule has 0 aliphatic heterocycles. The molecule has 1 N–H and O–H groups in total. The monoisotopic (exact) mass is 330 g/mol. The Labute approximate surface area is 137 Å². The van der Waals surface area contributed by atoms with Gasteiger partial charge >= 0.3 is 0 Å². The van der Waals surface area contributed by atoms with E-state index in [1.807, 2.05) is 13.0 Å². The summed E-state index contributed by atoms with van der Waals surface area (Å²) in [5.74, 6) is 0.451. The predicted octanol–water partition coefficient (Wildman–Crippen LogP) is 4.88. The van der Waals surface area contributed by atoms with Gasteiger partial charge in [0, 0.05) is 23.1 Å². The summed E-state index contributed by atoms with van der Waals surface area (Å²) >= 11 is 12.2. The Morgan fingerprint density at radius 1 is 1.24 bits per heavy atom. The van der Waals surface area contributed by atoms with Gasteiger partial charge in [0.1, 0.15) is 0 Å². The number of halogens is 2. The van der Waals surface area contributed by atoms with Crippen LogP contribution < -0.4 is 0 Å². The minimum absolute atomic E-state index is 0.106. The van der Waals surface area contributed by atoms with E-state index in [9.17, 15) is 5.11 Å². The van der Waals surface area contributed by atoms with Crippen molar-refractivity contribution >= 4 is 23.2 Å². The maximum Gasteiger partial charge on any atom is 0.0865 e. The molecule has 0 spiro atoms. The zero-order chi connectivity index (χ0) is 15.2. The molecule has 0 bridgehead atoms. The third-order valence-electron chi connectivity index (χ3n) is 4.29. The summed E-state index contributed by atoms with van der Waals surface area (Å²) in [5.41, 5.74) is 0.886. The topological polar surface area (TPSA) is 29.5 Å². The van der Waals surface area contributed by atoms with Gasteiger partial charge in [0.25, 0.3) is 0 Å². The van der Waals surface area contributed by atoms with Crippen molar-refractivity contribution in [2.75, 3.05) is 6.61 Å². The normalized spacial score (nSPS) is 19.4. The Balaban J connectivity index is 2.06. The zero-order valence-electron chi connectivity index (χ0n) is 12.5.